The highest BCUT2D eigenvalue weighted by atomic mass is 16.5. The Morgan fingerprint density at radius 3 is 2.79 bits per heavy atom. The van der Waals surface area contributed by atoms with Crippen molar-refractivity contribution in [3.05, 3.63) is 23.3 Å². The molecule has 0 saturated heterocycles. The van der Waals surface area contributed by atoms with Crippen LogP contribution in [0.3, 0.4) is 0 Å². The maximum Gasteiger partial charge on any atom is 0.125 e. The first-order valence-corrected chi connectivity index (χ1v) is 6.76. The summed E-state index contributed by atoms with van der Waals surface area (Å²) in [6.07, 6.45) is 0.249. The molecule has 4 heteroatoms. The molecule has 0 spiro atoms. The van der Waals surface area contributed by atoms with Crippen molar-refractivity contribution in [1.29, 1.82) is 0 Å². The number of benzene rings is 1. The lowest BCUT2D eigenvalue weighted by molar-refractivity contribution is 0.100. The Balaban J connectivity index is 2.44. The largest absolute Gasteiger partial charge is 0.493 e. The van der Waals surface area contributed by atoms with E-state index in [-0.39, 0.29) is 6.10 Å². The molecule has 2 atom stereocenters. The summed E-state index contributed by atoms with van der Waals surface area (Å²) in [5.74, 6) is 1.53. The van der Waals surface area contributed by atoms with Crippen LogP contribution in [0.5, 0.6) is 11.5 Å². The monoisotopic (exact) mass is 265 g/mol. The number of rotatable bonds is 4. The van der Waals surface area contributed by atoms with Crippen LogP contribution in [0.4, 0.5) is 0 Å². The van der Waals surface area contributed by atoms with Gasteiger partial charge in [-0.05, 0) is 39.8 Å². The SMILES string of the molecule is CCOc1cc2c(cc1C(O)C(C)(C)N)OC(C)C2. The quantitative estimate of drug-likeness (QED) is 0.875. The summed E-state index contributed by atoms with van der Waals surface area (Å²) in [6, 6.07) is 3.83. The lowest BCUT2D eigenvalue weighted by Crippen LogP contribution is -2.39. The fourth-order valence-corrected chi connectivity index (χ4v) is 2.35. The van der Waals surface area contributed by atoms with Crippen LogP contribution in [-0.2, 0) is 6.42 Å². The number of hydrogen-bond donors (Lipinski definition) is 2. The van der Waals surface area contributed by atoms with E-state index in [0.717, 1.165) is 17.7 Å². The van der Waals surface area contributed by atoms with Crippen LogP contribution in [0.25, 0.3) is 0 Å². The Kier molecular flexibility index (Phi) is 3.74. The molecule has 0 aliphatic carbocycles. The van der Waals surface area contributed by atoms with Gasteiger partial charge in [-0.15, -0.1) is 0 Å². The smallest absolute Gasteiger partial charge is 0.125 e. The van der Waals surface area contributed by atoms with E-state index in [2.05, 4.69) is 0 Å². The number of ether oxygens (including phenoxy) is 2. The van der Waals surface area contributed by atoms with Gasteiger partial charge >= 0.3 is 0 Å². The predicted octanol–water partition coefficient (Wildman–Crippen LogP) is 2.18. The molecule has 0 amide bonds. The highest BCUT2D eigenvalue weighted by molar-refractivity contribution is 5.50. The van der Waals surface area contributed by atoms with Crippen LogP contribution in [0.1, 0.15) is 44.9 Å². The van der Waals surface area contributed by atoms with Crippen LogP contribution < -0.4 is 15.2 Å². The van der Waals surface area contributed by atoms with Gasteiger partial charge in [0, 0.05) is 23.1 Å². The van der Waals surface area contributed by atoms with Crippen molar-refractivity contribution in [2.75, 3.05) is 6.61 Å². The Bertz CT molecular complexity index is 465. The summed E-state index contributed by atoms with van der Waals surface area (Å²) < 4.78 is 11.4. The average molecular weight is 265 g/mol. The first kappa shape index (κ1) is 14.2. The van der Waals surface area contributed by atoms with E-state index in [1.165, 1.54) is 0 Å². The predicted molar refractivity (Wildman–Crippen MR) is 74.6 cm³/mol. The molecule has 2 unspecified atom stereocenters. The van der Waals surface area contributed by atoms with Gasteiger partial charge in [0.1, 0.15) is 23.7 Å². The standard InChI is InChI=1S/C15H23NO3/c1-5-18-13-7-10-6-9(2)19-12(10)8-11(13)14(17)15(3,4)16/h7-9,14,17H,5-6,16H2,1-4H3. The molecular weight excluding hydrogens is 242 g/mol. The molecule has 0 saturated carbocycles. The summed E-state index contributed by atoms with van der Waals surface area (Å²) in [5.41, 5.74) is 7.09. The molecule has 1 heterocycles. The number of nitrogens with two attached hydrogens (primary N) is 1. The van der Waals surface area contributed by atoms with E-state index in [0.29, 0.717) is 17.9 Å². The van der Waals surface area contributed by atoms with Crippen molar-refractivity contribution in [3.8, 4) is 11.5 Å². The van der Waals surface area contributed by atoms with Crippen molar-refractivity contribution in [2.45, 2.75) is 51.9 Å². The van der Waals surface area contributed by atoms with Crippen molar-refractivity contribution in [3.63, 3.8) is 0 Å². The van der Waals surface area contributed by atoms with Crippen molar-refractivity contribution in [1.82, 2.24) is 0 Å². The van der Waals surface area contributed by atoms with Crippen LogP contribution >= 0.6 is 0 Å². The van der Waals surface area contributed by atoms with E-state index in [1.54, 1.807) is 13.8 Å². The molecule has 106 valence electrons. The van der Waals surface area contributed by atoms with E-state index < -0.39 is 11.6 Å². The molecule has 4 nitrogen and oxygen atoms in total. The van der Waals surface area contributed by atoms with Crippen LogP contribution in [-0.4, -0.2) is 23.4 Å². The lowest BCUT2D eigenvalue weighted by Gasteiger charge is -2.28. The molecule has 19 heavy (non-hydrogen) atoms. The summed E-state index contributed by atoms with van der Waals surface area (Å²) in [4.78, 5) is 0. The van der Waals surface area contributed by atoms with Gasteiger partial charge in [0.25, 0.3) is 0 Å². The minimum atomic E-state index is -0.793. The normalized spacial score (nSPS) is 19.8. The van der Waals surface area contributed by atoms with Crippen molar-refractivity contribution < 1.29 is 14.6 Å². The third-order valence-corrected chi connectivity index (χ3v) is 3.33. The topological polar surface area (TPSA) is 64.7 Å². The van der Waals surface area contributed by atoms with Gasteiger partial charge in [-0.1, -0.05) is 0 Å². The Morgan fingerprint density at radius 2 is 2.21 bits per heavy atom. The van der Waals surface area contributed by atoms with Crippen LogP contribution in [0.2, 0.25) is 0 Å². The van der Waals surface area contributed by atoms with Gasteiger partial charge in [-0.25, -0.2) is 0 Å². The number of aliphatic hydroxyl groups is 1. The fraction of sp³-hybridized carbons (Fsp3) is 0.600. The lowest BCUT2D eigenvalue weighted by atomic mass is 9.91. The highest BCUT2D eigenvalue weighted by Gasteiger charge is 2.30. The summed E-state index contributed by atoms with van der Waals surface area (Å²) in [5, 5.41) is 10.4. The fourth-order valence-electron chi connectivity index (χ4n) is 2.35. The number of hydrogen-bond acceptors (Lipinski definition) is 4. The van der Waals surface area contributed by atoms with Crippen LogP contribution in [0.15, 0.2) is 12.1 Å². The minimum Gasteiger partial charge on any atom is -0.493 e. The Hall–Kier alpha value is -1.26. The third kappa shape index (κ3) is 2.85. The summed E-state index contributed by atoms with van der Waals surface area (Å²) in [7, 11) is 0. The molecule has 0 radical (unpaired) electrons. The molecule has 1 aliphatic heterocycles. The maximum absolute atomic E-state index is 10.4. The molecule has 1 aromatic carbocycles. The van der Waals surface area contributed by atoms with Gasteiger partial charge < -0.3 is 20.3 Å². The van der Waals surface area contributed by atoms with Gasteiger partial charge in [0.15, 0.2) is 0 Å². The van der Waals surface area contributed by atoms with Gasteiger partial charge in [0.05, 0.1) is 6.61 Å². The molecule has 1 aromatic rings. The third-order valence-electron chi connectivity index (χ3n) is 3.33. The van der Waals surface area contributed by atoms with Crippen molar-refractivity contribution >= 4 is 0 Å². The Morgan fingerprint density at radius 1 is 1.53 bits per heavy atom. The van der Waals surface area contributed by atoms with Gasteiger partial charge in [-0.3, -0.25) is 0 Å². The zero-order chi connectivity index (χ0) is 14.2. The molecule has 3 N–H and O–H groups in total. The van der Waals surface area contributed by atoms with Crippen LogP contribution in [0, 0.1) is 0 Å². The molecule has 1 aliphatic rings. The van der Waals surface area contributed by atoms with Gasteiger partial charge in [-0.2, -0.15) is 0 Å². The van der Waals surface area contributed by atoms with Gasteiger partial charge in [0.2, 0.25) is 0 Å². The number of fused-ring (bicyclic) bond motifs is 1. The van der Waals surface area contributed by atoms with E-state index in [4.69, 9.17) is 15.2 Å². The van der Waals surface area contributed by atoms with E-state index in [9.17, 15) is 5.11 Å². The zero-order valence-electron chi connectivity index (χ0n) is 12.1. The first-order valence-electron chi connectivity index (χ1n) is 6.76. The van der Waals surface area contributed by atoms with E-state index >= 15 is 0 Å². The summed E-state index contributed by atoms with van der Waals surface area (Å²) >= 11 is 0. The second-order valence-corrected chi connectivity index (χ2v) is 5.79. The number of aliphatic hydroxyl groups excluding tert-OH is 1. The van der Waals surface area contributed by atoms with E-state index in [1.807, 2.05) is 26.0 Å². The summed E-state index contributed by atoms with van der Waals surface area (Å²) in [6.45, 7) is 8.10. The second kappa shape index (κ2) is 5.02. The molecule has 0 bridgehead atoms. The second-order valence-electron chi connectivity index (χ2n) is 5.79. The average Bonchev–Trinajstić information content (AvgIpc) is 2.65. The molecule has 0 aromatic heterocycles. The zero-order valence-corrected chi connectivity index (χ0v) is 12.1. The highest BCUT2D eigenvalue weighted by Crippen LogP contribution is 2.39. The Labute approximate surface area is 114 Å². The maximum atomic E-state index is 10.4. The minimum absolute atomic E-state index is 0.169. The molecule has 0 fully saturated rings. The van der Waals surface area contributed by atoms with Crippen molar-refractivity contribution in [2.24, 2.45) is 5.73 Å². The first-order chi connectivity index (χ1) is 8.82. The molecular formula is C15H23NO3. The molecule has 2 rings (SSSR count).